The molecule has 15 heavy (non-hydrogen) atoms. The predicted molar refractivity (Wildman–Crippen MR) is 67.3 cm³/mol. The van der Waals surface area contributed by atoms with Gasteiger partial charge in [0.05, 0.1) is 0 Å². The van der Waals surface area contributed by atoms with Crippen LogP contribution in [0.1, 0.15) is 6.42 Å². The summed E-state index contributed by atoms with van der Waals surface area (Å²) in [5.41, 5.74) is 1.02. The van der Waals surface area contributed by atoms with Crippen molar-refractivity contribution in [2.45, 2.75) is 12.7 Å². The fraction of sp³-hybridized carbons (Fsp3) is 0.300. The Morgan fingerprint density at radius 3 is 3.07 bits per heavy atom. The lowest BCUT2D eigenvalue weighted by atomic mass is 9.61. The third kappa shape index (κ3) is 2.14. The Kier molecular flexibility index (Phi) is 3.23. The van der Waals surface area contributed by atoms with E-state index < -0.39 is 0 Å². The first-order valence-electron chi connectivity index (χ1n) is 4.83. The Morgan fingerprint density at radius 2 is 2.33 bits per heavy atom. The van der Waals surface area contributed by atoms with Crippen molar-refractivity contribution in [3.63, 3.8) is 0 Å². The van der Waals surface area contributed by atoms with E-state index in [1.54, 1.807) is 0 Å². The van der Waals surface area contributed by atoms with Crippen molar-refractivity contribution in [2.75, 3.05) is 11.4 Å². The minimum Gasteiger partial charge on any atom is -0.401 e. The highest BCUT2D eigenvalue weighted by molar-refractivity contribution is 9.10. The zero-order valence-electron chi connectivity index (χ0n) is 8.08. The lowest BCUT2D eigenvalue weighted by Gasteiger charge is -2.22. The van der Waals surface area contributed by atoms with Crippen molar-refractivity contribution in [3.8, 4) is 5.97 Å². The highest BCUT2D eigenvalue weighted by Gasteiger charge is 2.30. The summed E-state index contributed by atoms with van der Waals surface area (Å²) < 4.78 is 0.994. The number of nitrogens with zero attached hydrogens (tertiary/aromatic N) is 2. The topological polar surface area (TPSA) is 27.0 Å². The maximum Gasteiger partial charge on any atom is 0.378 e. The molecule has 1 aromatic rings. The second-order valence-electron chi connectivity index (χ2n) is 3.58. The van der Waals surface area contributed by atoms with Gasteiger partial charge in [0.15, 0.2) is 0 Å². The van der Waals surface area contributed by atoms with Crippen LogP contribution >= 0.6 is 27.5 Å². The van der Waals surface area contributed by atoms with E-state index in [0.29, 0.717) is 5.02 Å². The molecule has 2 rings (SSSR count). The number of rotatable bonds is 1. The van der Waals surface area contributed by atoms with Gasteiger partial charge in [-0.25, -0.2) is 5.26 Å². The monoisotopic (exact) mass is 282 g/mol. The largest absolute Gasteiger partial charge is 0.401 e. The molecule has 1 aromatic carbocycles. The predicted octanol–water partition coefficient (Wildman–Crippen LogP) is 3.37. The van der Waals surface area contributed by atoms with E-state index in [-0.39, 0.29) is 6.85 Å². The number of hydrogen-bond donors (Lipinski definition) is 0. The minimum atomic E-state index is -0.0141. The Labute approximate surface area is 103 Å². The summed E-state index contributed by atoms with van der Waals surface area (Å²) in [6.45, 7) is 0.914. The molecule has 0 bridgehead atoms. The first-order chi connectivity index (χ1) is 7.22. The first-order valence-corrected chi connectivity index (χ1v) is 6.01. The lowest BCUT2D eigenvalue weighted by molar-refractivity contribution is 0.981. The second kappa shape index (κ2) is 4.46. The molecule has 0 aliphatic carbocycles. The molecule has 1 aliphatic heterocycles. The maximum atomic E-state index is 9.02. The highest BCUT2D eigenvalue weighted by atomic mass is 79.9. The van der Waals surface area contributed by atoms with Crippen LogP contribution < -0.4 is 4.81 Å². The molecule has 0 aromatic heterocycles. The van der Waals surface area contributed by atoms with Crippen LogP contribution in [0, 0.1) is 11.2 Å². The first kappa shape index (κ1) is 10.8. The third-order valence-corrected chi connectivity index (χ3v) is 3.53. The molecule has 2 nitrogen and oxygen atoms in total. The van der Waals surface area contributed by atoms with Gasteiger partial charge in [-0.15, -0.1) is 0 Å². The standard InChI is InChI=1S/C10H9BBrClN2/c12-9-3-2-8(13)6-10(9)15-5-1-4-11(15)7-14/h2-3,6H,1,4-5H2. The Balaban J connectivity index is 2.36. The Morgan fingerprint density at radius 1 is 1.53 bits per heavy atom. The van der Waals surface area contributed by atoms with E-state index in [9.17, 15) is 0 Å². The van der Waals surface area contributed by atoms with Gasteiger partial charge in [0, 0.05) is 27.7 Å². The molecule has 0 unspecified atom stereocenters. The average Bonchev–Trinajstić information content (AvgIpc) is 2.69. The van der Waals surface area contributed by atoms with Crippen LogP contribution in [0.3, 0.4) is 0 Å². The van der Waals surface area contributed by atoms with Crippen molar-refractivity contribution in [1.29, 1.82) is 5.26 Å². The quantitative estimate of drug-likeness (QED) is 0.739. The molecule has 0 amide bonds. The van der Waals surface area contributed by atoms with Gasteiger partial charge < -0.3 is 4.81 Å². The van der Waals surface area contributed by atoms with E-state index in [1.807, 2.05) is 18.2 Å². The molecular formula is C10H9BBrClN2. The number of nitriles is 1. The van der Waals surface area contributed by atoms with Gasteiger partial charge in [-0.3, -0.25) is 0 Å². The molecule has 76 valence electrons. The minimum absolute atomic E-state index is 0.0141. The van der Waals surface area contributed by atoms with Crippen LogP contribution in [0.4, 0.5) is 5.69 Å². The lowest BCUT2D eigenvalue weighted by Crippen LogP contribution is -2.32. The summed E-state index contributed by atoms with van der Waals surface area (Å²) in [6, 6.07) is 5.66. The van der Waals surface area contributed by atoms with Gasteiger partial charge in [-0.1, -0.05) is 11.6 Å². The molecule has 1 heterocycles. The van der Waals surface area contributed by atoms with E-state index in [0.717, 1.165) is 29.4 Å². The molecule has 0 saturated carbocycles. The van der Waals surface area contributed by atoms with Crippen LogP contribution in [0.5, 0.6) is 0 Å². The van der Waals surface area contributed by atoms with Crippen molar-refractivity contribution in [1.82, 2.24) is 0 Å². The number of halogens is 2. The molecule has 1 fully saturated rings. The van der Waals surface area contributed by atoms with Gasteiger partial charge in [0.2, 0.25) is 0 Å². The van der Waals surface area contributed by atoms with Gasteiger partial charge >= 0.3 is 6.85 Å². The Hall–Kier alpha value is -0.655. The van der Waals surface area contributed by atoms with Crippen molar-refractivity contribution in [2.24, 2.45) is 0 Å². The van der Waals surface area contributed by atoms with Gasteiger partial charge in [-0.05, 0) is 46.9 Å². The second-order valence-corrected chi connectivity index (χ2v) is 4.87. The summed E-state index contributed by atoms with van der Waals surface area (Å²) in [7, 11) is 0. The summed E-state index contributed by atoms with van der Waals surface area (Å²) in [4.78, 5) is 2.11. The fourth-order valence-corrected chi connectivity index (χ4v) is 2.54. The Bertz CT molecular complexity index is 418. The molecule has 1 aliphatic rings. The van der Waals surface area contributed by atoms with Gasteiger partial charge in [-0.2, -0.15) is 0 Å². The van der Waals surface area contributed by atoms with Crippen LogP contribution in [0.25, 0.3) is 0 Å². The fourth-order valence-electron chi connectivity index (χ4n) is 1.90. The van der Waals surface area contributed by atoms with E-state index in [1.165, 1.54) is 0 Å². The van der Waals surface area contributed by atoms with Crippen LogP contribution in [-0.2, 0) is 0 Å². The number of benzene rings is 1. The summed E-state index contributed by atoms with van der Waals surface area (Å²) >= 11 is 9.44. The molecule has 0 spiro atoms. The highest BCUT2D eigenvalue weighted by Crippen LogP contribution is 2.33. The van der Waals surface area contributed by atoms with E-state index in [2.05, 4.69) is 26.7 Å². The van der Waals surface area contributed by atoms with Crippen molar-refractivity contribution in [3.05, 3.63) is 27.7 Å². The van der Waals surface area contributed by atoms with Crippen LogP contribution in [-0.4, -0.2) is 13.4 Å². The van der Waals surface area contributed by atoms with Crippen molar-refractivity contribution >= 4 is 40.1 Å². The molecular weight excluding hydrogens is 274 g/mol. The number of hydrogen-bond acceptors (Lipinski definition) is 2. The SMILES string of the molecule is N#CB1CCCN1c1cc(Cl)ccc1Br. The summed E-state index contributed by atoms with van der Waals surface area (Å²) in [5, 5.41) is 9.72. The number of anilines is 1. The molecule has 0 N–H and O–H groups in total. The molecule has 0 atom stereocenters. The van der Waals surface area contributed by atoms with E-state index >= 15 is 0 Å². The average molecular weight is 283 g/mol. The summed E-state index contributed by atoms with van der Waals surface area (Å²) in [5.74, 6) is 2.32. The third-order valence-electron chi connectivity index (χ3n) is 2.62. The summed E-state index contributed by atoms with van der Waals surface area (Å²) in [6.07, 6.45) is 2.01. The van der Waals surface area contributed by atoms with Crippen molar-refractivity contribution < 1.29 is 0 Å². The maximum absolute atomic E-state index is 9.02. The van der Waals surface area contributed by atoms with Gasteiger partial charge in [0.25, 0.3) is 0 Å². The molecule has 0 radical (unpaired) electrons. The normalized spacial score (nSPS) is 15.5. The zero-order valence-corrected chi connectivity index (χ0v) is 10.4. The van der Waals surface area contributed by atoms with E-state index in [4.69, 9.17) is 16.9 Å². The smallest absolute Gasteiger partial charge is 0.378 e. The molecule has 1 saturated heterocycles. The van der Waals surface area contributed by atoms with Crippen LogP contribution in [0.2, 0.25) is 11.3 Å². The van der Waals surface area contributed by atoms with Gasteiger partial charge in [0.1, 0.15) is 0 Å². The molecule has 5 heteroatoms. The van der Waals surface area contributed by atoms with Crippen LogP contribution in [0.15, 0.2) is 22.7 Å². The zero-order chi connectivity index (χ0) is 10.8.